The zero-order chi connectivity index (χ0) is 18.0. The molecule has 25 heavy (non-hydrogen) atoms. The maximum atomic E-state index is 14.6. The molecule has 0 spiro atoms. The molecular weight excluding hydrogens is 332 g/mol. The number of methoxy groups -OCH3 is 1. The molecule has 1 saturated heterocycles. The molecule has 5 nitrogen and oxygen atoms in total. The van der Waals surface area contributed by atoms with Gasteiger partial charge in [-0.05, 0) is 29.8 Å². The van der Waals surface area contributed by atoms with Gasteiger partial charge in [0.15, 0.2) is 0 Å². The second kappa shape index (κ2) is 6.85. The molecule has 0 radical (unpaired) electrons. The number of benzene rings is 1. The average Bonchev–Trinajstić information content (AvgIpc) is 2.61. The van der Waals surface area contributed by atoms with Crippen molar-refractivity contribution in [2.24, 2.45) is 0 Å². The number of rotatable bonds is 3. The number of carbonyl (C=O) groups excluding carboxylic acids is 1. The van der Waals surface area contributed by atoms with E-state index in [2.05, 4.69) is 9.72 Å². The SMILES string of the molecule is COC(=O)c1cccc(-c2c(F)cc(C3(O)CCOCC3)cc2F)n1. The molecule has 1 aliphatic heterocycles. The van der Waals surface area contributed by atoms with Crippen molar-refractivity contribution >= 4 is 5.97 Å². The maximum Gasteiger partial charge on any atom is 0.356 e. The van der Waals surface area contributed by atoms with Gasteiger partial charge in [-0.2, -0.15) is 0 Å². The standard InChI is InChI=1S/C18H17F2NO4/c1-24-17(22)15-4-2-3-14(21-15)16-12(19)9-11(10-13(16)20)18(23)5-7-25-8-6-18/h2-4,9-10,23H,5-8H2,1H3. The Morgan fingerprint density at radius 1 is 1.24 bits per heavy atom. The van der Waals surface area contributed by atoms with Gasteiger partial charge in [0, 0.05) is 26.1 Å². The van der Waals surface area contributed by atoms with Crippen molar-refractivity contribution in [2.45, 2.75) is 18.4 Å². The number of hydrogen-bond donors (Lipinski definition) is 1. The molecule has 2 aromatic rings. The molecule has 0 unspecified atom stereocenters. The van der Waals surface area contributed by atoms with Gasteiger partial charge in [-0.25, -0.2) is 18.6 Å². The Morgan fingerprint density at radius 3 is 2.48 bits per heavy atom. The van der Waals surface area contributed by atoms with Crippen LogP contribution in [-0.2, 0) is 15.1 Å². The monoisotopic (exact) mass is 349 g/mol. The summed E-state index contributed by atoms with van der Waals surface area (Å²) in [6.45, 7) is 0.647. The molecule has 0 saturated carbocycles. The minimum absolute atomic E-state index is 0.0246. The number of hydrogen-bond acceptors (Lipinski definition) is 5. The van der Waals surface area contributed by atoms with Crippen LogP contribution in [0.25, 0.3) is 11.3 Å². The van der Waals surface area contributed by atoms with Crippen LogP contribution >= 0.6 is 0 Å². The van der Waals surface area contributed by atoms with Crippen molar-refractivity contribution in [3.05, 3.63) is 53.2 Å². The summed E-state index contributed by atoms with van der Waals surface area (Å²) in [6.07, 6.45) is 0.530. The van der Waals surface area contributed by atoms with Crippen LogP contribution in [0.5, 0.6) is 0 Å². The van der Waals surface area contributed by atoms with E-state index in [1.165, 1.54) is 25.3 Å². The minimum atomic E-state index is -1.32. The Kier molecular flexibility index (Phi) is 4.78. The van der Waals surface area contributed by atoms with Crippen LogP contribution in [-0.4, -0.2) is 36.4 Å². The summed E-state index contributed by atoms with van der Waals surface area (Å²) in [6, 6.07) is 6.47. The van der Waals surface area contributed by atoms with E-state index in [4.69, 9.17) is 4.74 Å². The normalized spacial score (nSPS) is 16.5. The Labute approximate surface area is 143 Å². The van der Waals surface area contributed by atoms with Crippen molar-refractivity contribution in [1.82, 2.24) is 4.98 Å². The third-order valence-corrected chi connectivity index (χ3v) is 4.30. The molecule has 0 amide bonds. The van der Waals surface area contributed by atoms with Crippen LogP contribution < -0.4 is 0 Å². The van der Waals surface area contributed by atoms with Gasteiger partial charge in [-0.1, -0.05) is 6.07 Å². The van der Waals surface area contributed by atoms with E-state index < -0.39 is 23.2 Å². The fraction of sp³-hybridized carbons (Fsp3) is 0.333. The number of halogens is 2. The maximum absolute atomic E-state index is 14.6. The van der Waals surface area contributed by atoms with Crippen molar-refractivity contribution in [3.8, 4) is 11.3 Å². The van der Waals surface area contributed by atoms with Gasteiger partial charge in [0.1, 0.15) is 17.3 Å². The highest BCUT2D eigenvalue weighted by Crippen LogP contribution is 2.35. The minimum Gasteiger partial charge on any atom is -0.464 e. The van der Waals surface area contributed by atoms with Crippen LogP contribution in [0, 0.1) is 11.6 Å². The highest BCUT2D eigenvalue weighted by atomic mass is 19.1. The molecule has 2 heterocycles. The van der Waals surface area contributed by atoms with Crippen LogP contribution in [0.2, 0.25) is 0 Å². The summed E-state index contributed by atoms with van der Waals surface area (Å²) < 4.78 is 38.9. The Bertz CT molecular complexity index is 780. The topological polar surface area (TPSA) is 68.7 Å². The lowest BCUT2D eigenvalue weighted by atomic mass is 9.85. The van der Waals surface area contributed by atoms with Gasteiger partial charge in [-0.15, -0.1) is 0 Å². The van der Waals surface area contributed by atoms with Crippen LogP contribution in [0.4, 0.5) is 8.78 Å². The molecule has 1 aromatic heterocycles. The third-order valence-electron chi connectivity index (χ3n) is 4.30. The summed E-state index contributed by atoms with van der Waals surface area (Å²) in [5, 5.41) is 10.6. The van der Waals surface area contributed by atoms with Gasteiger partial charge in [0.25, 0.3) is 0 Å². The highest BCUT2D eigenvalue weighted by Gasteiger charge is 2.33. The van der Waals surface area contributed by atoms with Crippen LogP contribution in [0.1, 0.15) is 28.9 Å². The number of pyridine rings is 1. The number of esters is 1. The van der Waals surface area contributed by atoms with E-state index in [0.29, 0.717) is 13.2 Å². The van der Waals surface area contributed by atoms with Gasteiger partial charge in [0.2, 0.25) is 0 Å². The third kappa shape index (κ3) is 3.38. The predicted molar refractivity (Wildman–Crippen MR) is 84.9 cm³/mol. The molecule has 7 heteroatoms. The molecule has 0 aliphatic carbocycles. The smallest absolute Gasteiger partial charge is 0.356 e. The number of nitrogens with zero attached hydrogens (tertiary/aromatic N) is 1. The van der Waals surface area contributed by atoms with Crippen LogP contribution in [0.15, 0.2) is 30.3 Å². The molecule has 1 fully saturated rings. The van der Waals surface area contributed by atoms with Gasteiger partial charge in [-0.3, -0.25) is 0 Å². The first-order valence-corrected chi connectivity index (χ1v) is 7.80. The van der Waals surface area contributed by atoms with E-state index in [1.807, 2.05) is 0 Å². The van der Waals surface area contributed by atoms with Crippen molar-refractivity contribution in [2.75, 3.05) is 20.3 Å². The Balaban J connectivity index is 2.03. The Morgan fingerprint density at radius 2 is 1.88 bits per heavy atom. The predicted octanol–water partition coefficient (Wildman–Crippen LogP) is 2.81. The van der Waals surface area contributed by atoms with Crippen molar-refractivity contribution < 1.29 is 28.2 Å². The van der Waals surface area contributed by atoms with Crippen LogP contribution in [0.3, 0.4) is 0 Å². The van der Waals surface area contributed by atoms with Crippen molar-refractivity contribution in [1.29, 1.82) is 0 Å². The summed E-state index contributed by atoms with van der Waals surface area (Å²) in [7, 11) is 1.20. The molecule has 1 aromatic carbocycles. The fourth-order valence-corrected chi connectivity index (χ4v) is 2.88. The van der Waals surface area contributed by atoms with E-state index in [9.17, 15) is 18.7 Å². The molecule has 0 bridgehead atoms. The summed E-state index contributed by atoms with van der Waals surface area (Å²) in [4.78, 5) is 15.5. The second-order valence-corrected chi connectivity index (χ2v) is 5.86. The summed E-state index contributed by atoms with van der Waals surface area (Å²) in [5.74, 6) is -2.41. The second-order valence-electron chi connectivity index (χ2n) is 5.86. The number of aromatic nitrogens is 1. The molecular formula is C18H17F2NO4. The van der Waals surface area contributed by atoms with Gasteiger partial charge >= 0.3 is 5.97 Å². The van der Waals surface area contributed by atoms with E-state index in [1.54, 1.807) is 0 Å². The van der Waals surface area contributed by atoms with Crippen molar-refractivity contribution in [3.63, 3.8) is 0 Å². The molecule has 132 valence electrons. The lowest BCUT2D eigenvalue weighted by molar-refractivity contribution is -0.0682. The number of carbonyl (C=O) groups is 1. The van der Waals surface area contributed by atoms with E-state index in [-0.39, 0.29) is 35.4 Å². The summed E-state index contributed by atoms with van der Waals surface area (Å²) >= 11 is 0. The van der Waals surface area contributed by atoms with E-state index in [0.717, 1.165) is 12.1 Å². The summed E-state index contributed by atoms with van der Waals surface area (Å²) in [5.41, 5.74) is -1.59. The largest absolute Gasteiger partial charge is 0.464 e. The zero-order valence-corrected chi connectivity index (χ0v) is 13.6. The first-order chi connectivity index (χ1) is 11.9. The van der Waals surface area contributed by atoms with E-state index >= 15 is 0 Å². The lowest BCUT2D eigenvalue weighted by Gasteiger charge is -2.32. The number of aliphatic hydroxyl groups is 1. The quantitative estimate of drug-likeness (QED) is 0.863. The average molecular weight is 349 g/mol. The first-order valence-electron chi connectivity index (χ1n) is 7.80. The molecule has 3 rings (SSSR count). The van der Waals surface area contributed by atoms with Gasteiger partial charge < -0.3 is 14.6 Å². The molecule has 1 aliphatic rings. The molecule has 1 N–H and O–H groups in total. The highest BCUT2D eigenvalue weighted by molar-refractivity contribution is 5.87. The van der Waals surface area contributed by atoms with Gasteiger partial charge in [0.05, 0.1) is 24.0 Å². The fourth-order valence-electron chi connectivity index (χ4n) is 2.88. The lowest BCUT2D eigenvalue weighted by Crippen LogP contribution is -2.33. The Hall–Kier alpha value is -2.38. The first kappa shape index (κ1) is 17.4. The number of ether oxygens (including phenoxy) is 2. The molecule has 0 atom stereocenters. The zero-order valence-electron chi connectivity index (χ0n) is 13.6.